The van der Waals surface area contributed by atoms with Gasteiger partial charge in [-0.25, -0.2) is 0 Å². The summed E-state index contributed by atoms with van der Waals surface area (Å²) in [5.41, 5.74) is 10.2. The number of hydrogen-bond donors (Lipinski definition) is 2. The van der Waals surface area contributed by atoms with Gasteiger partial charge in [-0.1, -0.05) is 0 Å². The van der Waals surface area contributed by atoms with Crippen molar-refractivity contribution in [2.24, 2.45) is 11.5 Å². The molecule has 2 unspecified atom stereocenters. The van der Waals surface area contributed by atoms with Crippen molar-refractivity contribution >= 4 is 5.91 Å². The quantitative estimate of drug-likeness (QED) is 0.619. The molecule has 1 rings (SSSR count). The smallest absolute Gasteiger partial charge is 0.237 e. The Bertz CT molecular complexity index is 263. The third-order valence-corrected chi connectivity index (χ3v) is 3.59. The minimum atomic E-state index is -0.868. The zero-order valence-electron chi connectivity index (χ0n) is 11.7. The van der Waals surface area contributed by atoms with Crippen LogP contribution >= 0.6 is 0 Å². The van der Waals surface area contributed by atoms with Gasteiger partial charge < -0.3 is 21.1 Å². The lowest BCUT2D eigenvalue weighted by Gasteiger charge is -2.22. The molecule has 18 heavy (non-hydrogen) atoms. The Labute approximate surface area is 110 Å². The normalized spacial score (nSPS) is 23.2. The molecule has 4 N–H and O–H groups in total. The van der Waals surface area contributed by atoms with Crippen LogP contribution < -0.4 is 11.5 Å². The molecule has 0 saturated carbocycles. The Kier molecular flexibility index (Phi) is 6.05. The highest BCUT2D eigenvalue weighted by molar-refractivity contribution is 5.83. The van der Waals surface area contributed by atoms with Crippen LogP contribution in [0.2, 0.25) is 0 Å². The minimum Gasteiger partial charge on any atom is -0.377 e. The molecule has 0 radical (unpaired) electrons. The van der Waals surface area contributed by atoms with Gasteiger partial charge in [-0.2, -0.15) is 0 Å². The van der Waals surface area contributed by atoms with Crippen molar-refractivity contribution in [2.75, 3.05) is 26.7 Å². The molecule has 0 bridgehead atoms. The van der Waals surface area contributed by atoms with Gasteiger partial charge in [0.15, 0.2) is 0 Å². The number of unbranched alkanes of at least 4 members (excludes halogenated alkanes) is 1. The number of hydrogen-bond acceptors (Lipinski definition) is 4. The Balaban J connectivity index is 2.08. The van der Waals surface area contributed by atoms with Crippen LogP contribution in [-0.4, -0.2) is 49.2 Å². The molecule has 1 aliphatic rings. The summed E-state index contributed by atoms with van der Waals surface area (Å²) in [4.78, 5) is 13.3. The molecule has 1 heterocycles. The maximum atomic E-state index is 11.0. The summed E-state index contributed by atoms with van der Waals surface area (Å²) in [7, 11) is 2.11. The fourth-order valence-electron chi connectivity index (χ4n) is 2.22. The number of likely N-dealkylation sites (N-methyl/N-ethyl adjacent to an activating group) is 1. The second kappa shape index (κ2) is 7.07. The van der Waals surface area contributed by atoms with Crippen LogP contribution in [0.5, 0.6) is 0 Å². The lowest BCUT2D eigenvalue weighted by atomic mass is 9.95. The van der Waals surface area contributed by atoms with Gasteiger partial charge in [0.1, 0.15) is 0 Å². The Morgan fingerprint density at radius 2 is 2.22 bits per heavy atom. The molecular formula is C13H27N3O2. The largest absolute Gasteiger partial charge is 0.377 e. The van der Waals surface area contributed by atoms with E-state index < -0.39 is 11.4 Å². The van der Waals surface area contributed by atoms with Crippen LogP contribution in [0.4, 0.5) is 0 Å². The predicted molar refractivity (Wildman–Crippen MR) is 72.1 cm³/mol. The number of rotatable bonds is 8. The van der Waals surface area contributed by atoms with E-state index >= 15 is 0 Å². The second-order valence-corrected chi connectivity index (χ2v) is 5.64. The van der Waals surface area contributed by atoms with Crippen LogP contribution in [0.3, 0.4) is 0 Å². The number of ether oxygens (including phenoxy) is 1. The van der Waals surface area contributed by atoms with E-state index in [2.05, 4.69) is 11.9 Å². The van der Waals surface area contributed by atoms with E-state index in [1.54, 1.807) is 6.92 Å². The van der Waals surface area contributed by atoms with E-state index in [-0.39, 0.29) is 0 Å². The van der Waals surface area contributed by atoms with Gasteiger partial charge in [0.05, 0.1) is 11.6 Å². The minimum absolute atomic E-state index is 0.403. The van der Waals surface area contributed by atoms with E-state index in [1.165, 1.54) is 12.8 Å². The lowest BCUT2D eigenvalue weighted by molar-refractivity contribution is -0.122. The first kappa shape index (κ1) is 15.4. The predicted octanol–water partition coefficient (Wildman–Crippen LogP) is 0.470. The summed E-state index contributed by atoms with van der Waals surface area (Å²) in [6.07, 6.45) is 5.36. The number of primary amides is 1. The third-order valence-electron chi connectivity index (χ3n) is 3.59. The number of nitrogens with two attached hydrogens (primary N) is 2. The molecule has 0 aromatic rings. The van der Waals surface area contributed by atoms with Crippen LogP contribution in [0.15, 0.2) is 0 Å². The Morgan fingerprint density at radius 1 is 1.50 bits per heavy atom. The molecule has 106 valence electrons. The first-order valence-corrected chi connectivity index (χ1v) is 6.81. The van der Waals surface area contributed by atoms with Crippen molar-refractivity contribution in [1.82, 2.24) is 4.90 Å². The standard InChI is InChI=1S/C13H27N3O2/c1-13(15,12(14)17)7-3-4-8-16(2)10-11-6-5-9-18-11/h11H,3-10,15H2,1-2H3,(H2,14,17). The van der Waals surface area contributed by atoms with Crippen molar-refractivity contribution in [3.8, 4) is 0 Å². The number of amides is 1. The second-order valence-electron chi connectivity index (χ2n) is 5.64. The van der Waals surface area contributed by atoms with Gasteiger partial charge in [-0.05, 0) is 52.6 Å². The molecule has 5 heteroatoms. The van der Waals surface area contributed by atoms with Crippen molar-refractivity contribution in [1.29, 1.82) is 0 Å². The fraction of sp³-hybridized carbons (Fsp3) is 0.923. The number of carbonyl (C=O) groups is 1. The van der Waals surface area contributed by atoms with E-state index in [9.17, 15) is 4.79 Å². The summed E-state index contributed by atoms with van der Waals surface area (Å²) in [5.74, 6) is -0.421. The van der Waals surface area contributed by atoms with Gasteiger partial charge >= 0.3 is 0 Å². The summed E-state index contributed by atoms with van der Waals surface area (Å²) >= 11 is 0. The Hall–Kier alpha value is -0.650. The molecule has 0 aromatic carbocycles. The van der Waals surface area contributed by atoms with Crippen LogP contribution in [0, 0.1) is 0 Å². The average Bonchev–Trinajstić information content (AvgIpc) is 2.77. The third kappa shape index (κ3) is 5.33. The first-order chi connectivity index (χ1) is 8.42. The SMILES string of the molecule is CN(CCCCC(C)(N)C(N)=O)CC1CCCO1. The molecule has 0 spiro atoms. The molecular weight excluding hydrogens is 230 g/mol. The molecule has 1 amide bonds. The Morgan fingerprint density at radius 3 is 2.78 bits per heavy atom. The molecule has 0 aliphatic carbocycles. The van der Waals surface area contributed by atoms with E-state index in [1.807, 2.05) is 0 Å². The maximum Gasteiger partial charge on any atom is 0.237 e. The topological polar surface area (TPSA) is 81.6 Å². The maximum absolute atomic E-state index is 11.0. The van der Waals surface area contributed by atoms with Crippen molar-refractivity contribution in [2.45, 2.75) is 50.7 Å². The summed E-state index contributed by atoms with van der Waals surface area (Å²) in [6, 6.07) is 0. The highest BCUT2D eigenvalue weighted by Gasteiger charge is 2.24. The molecule has 2 atom stereocenters. The molecule has 1 saturated heterocycles. The van der Waals surface area contributed by atoms with Gasteiger partial charge in [0, 0.05) is 13.2 Å². The van der Waals surface area contributed by atoms with E-state index in [4.69, 9.17) is 16.2 Å². The average molecular weight is 257 g/mol. The summed E-state index contributed by atoms with van der Waals surface area (Å²) < 4.78 is 5.59. The zero-order valence-corrected chi connectivity index (χ0v) is 11.7. The highest BCUT2D eigenvalue weighted by Crippen LogP contribution is 2.14. The number of nitrogens with zero attached hydrogens (tertiary/aromatic N) is 1. The van der Waals surface area contributed by atoms with Crippen LogP contribution in [0.1, 0.15) is 39.0 Å². The highest BCUT2D eigenvalue weighted by atomic mass is 16.5. The van der Waals surface area contributed by atoms with Crippen LogP contribution in [-0.2, 0) is 9.53 Å². The molecule has 1 aliphatic heterocycles. The van der Waals surface area contributed by atoms with Gasteiger partial charge in [-0.15, -0.1) is 0 Å². The summed E-state index contributed by atoms with van der Waals surface area (Å²) in [5, 5.41) is 0. The van der Waals surface area contributed by atoms with Gasteiger partial charge in [-0.3, -0.25) is 4.79 Å². The zero-order chi connectivity index (χ0) is 13.6. The first-order valence-electron chi connectivity index (χ1n) is 6.81. The number of carbonyl (C=O) groups excluding carboxylic acids is 1. The molecule has 1 fully saturated rings. The van der Waals surface area contributed by atoms with Crippen LogP contribution in [0.25, 0.3) is 0 Å². The van der Waals surface area contributed by atoms with Crippen molar-refractivity contribution < 1.29 is 9.53 Å². The lowest BCUT2D eigenvalue weighted by Crippen LogP contribution is -2.49. The monoisotopic (exact) mass is 257 g/mol. The fourth-order valence-corrected chi connectivity index (χ4v) is 2.22. The van der Waals surface area contributed by atoms with E-state index in [0.717, 1.165) is 32.5 Å². The molecule has 0 aromatic heterocycles. The van der Waals surface area contributed by atoms with E-state index in [0.29, 0.717) is 12.5 Å². The van der Waals surface area contributed by atoms with Gasteiger partial charge in [0.25, 0.3) is 0 Å². The van der Waals surface area contributed by atoms with Crippen molar-refractivity contribution in [3.63, 3.8) is 0 Å². The van der Waals surface area contributed by atoms with Gasteiger partial charge in [0.2, 0.25) is 5.91 Å². The summed E-state index contributed by atoms with van der Waals surface area (Å²) in [6.45, 7) is 4.61. The molecule has 5 nitrogen and oxygen atoms in total. The van der Waals surface area contributed by atoms with Crippen molar-refractivity contribution in [3.05, 3.63) is 0 Å².